The minimum atomic E-state index is -4.12. The maximum Gasteiger partial charge on any atom is 0.401 e. The van der Waals surface area contributed by atoms with Gasteiger partial charge in [0.2, 0.25) is 0 Å². The van der Waals surface area contributed by atoms with Crippen molar-refractivity contribution in [3.63, 3.8) is 0 Å². The maximum absolute atomic E-state index is 12.6. The summed E-state index contributed by atoms with van der Waals surface area (Å²) in [5.41, 5.74) is 3.49. The van der Waals surface area contributed by atoms with Gasteiger partial charge >= 0.3 is 6.18 Å². The van der Waals surface area contributed by atoms with Crippen molar-refractivity contribution in [3.8, 4) is 0 Å². The van der Waals surface area contributed by atoms with E-state index in [9.17, 15) is 13.2 Å². The average Bonchev–Trinajstić information content (AvgIpc) is 2.75. The Kier molecular flexibility index (Phi) is 5.84. The predicted molar refractivity (Wildman–Crippen MR) is 98.4 cm³/mol. The summed E-state index contributed by atoms with van der Waals surface area (Å²) in [5, 5.41) is 4.80. The first-order chi connectivity index (χ1) is 11.7. The van der Waals surface area contributed by atoms with Crippen LogP contribution in [0.5, 0.6) is 0 Å². The molecular weight excluding hydrogens is 341 g/mol. The van der Waals surface area contributed by atoms with E-state index in [1.54, 1.807) is 0 Å². The van der Waals surface area contributed by atoms with Crippen molar-refractivity contribution >= 4 is 0 Å². The quantitative estimate of drug-likeness (QED) is 0.806. The largest absolute Gasteiger partial charge is 0.401 e. The summed E-state index contributed by atoms with van der Waals surface area (Å²) in [6, 6.07) is 0. The van der Waals surface area contributed by atoms with E-state index >= 15 is 0 Å². The highest BCUT2D eigenvalue weighted by molar-refractivity contribution is 5.37. The molecule has 0 saturated carbocycles. The third kappa shape index (κ3) is 5.22. The molecule has 1 aliphatic rings. The molecule has 2 rings (SSSR count). The highest BCUT2D eigenvalue weighted by Gasteiger charge is 2.35. The average molecular weight is 374 g/mol. The molecule has 2 heterocycles. The summed E-state index contributed by atoms with van der Waals surface area (Å²) in [7, 11) is 1.99. The first-order valence-electron chi connectivity index (χ1n) is 9.27. The summed E-state index contributed by atoms with van der Waals surface area (Å²) < 4.78 is 39.7. The Labute approximate surface area is 155 Å². The van der Waals surface area contributed by atoms with E-state index in [2.05, 4.69) is 46.4 Å². The molecule has 0 N–H and O–H groups in total. The Hall–Kier alpha value is -1.08. The van der Waals surface area contributed by atoms with Gasteiger partial charge in [-0.25, -0.2) is 0 Å². The molecule has 0 atom stereocenters. The Balaban J connectivity index is 2.16. The van der Waals surface area contributed by atoms with Crippen molar-refractivity contribution in [1.82, 2.24) is 19.6 Å². The number of hydrogen-bond donors (Lipinski definition) is 0. The lowest BCUT2D eigenvalue weighted by Crippen LogP contribution is -2.48. The third-order valence-electron chi connectivity index (χ3n) is 4.82. The molecule has 0 bridgehead atoms. The molecule has 26 heavy (non-hydrogen) atoms. The van der Waals surface area contributed by atoms with Gasteiger partial charge in [-0.3, -0.25) is 14.5 Å². The van der Waals surface area contributed by atoms with E-state index in [0.717, 1.165) is 5.69 Å². The Morgan fingerprint density at radius 1 is 0.846 bits per heavy atom. The highest BCUT2D eigenvalue weighted by Crippen LogP contribution is 2.36. The van der Waals surface area contributed by atoms with Gasteiger partial charge in [-0.05, 0) is 5.41 Å². The molecule has 4 nitrogen and oxygen atoms in total. The number of rotatable bonds is 3. The van der Waals surface area contributed by atoms with Crippen LogP contribution < -0.4 is 0 Å². The van der Waals surface area contributed by atoms with Gasteiger partial charge in [0.05, 0.1) is 12.2 Å². The maximum atomic E-state index is 12.6. The summed E-state index contributed by atoms with van der Waals surface area (Å²) >= 11 is 0. The molecule has 150 valence electrons. The normalized spacial score (nSPS) is 18.5. The zero-order valence-corrected chi connectivity index (χ0v) is 17.2. The number of aromatic nitrogens is 2. The molecule has 0 aromatic carbocycles. The minimum Gasteiger partial charge on any atom is -0.295 e. The van der Waals surface area contributed by atoms with E-state index in [4.69, 9.17) is 5.10 Å². The van der Waals surface area contributed by atoms with Gasteiger partial charge in [0.15, 0.2) is 0 Å². The predicted octanol–water partition coefficient (Wildman–Crippen LogP) is 3.70. The fourth-order valence-corrected chi connectivity index (χ4v) is 3.91. The Morgan fingerprint density at radius 2 is 1.35 bits per heavy atom. The van der Waals surface area contributed by atoms with Crippen LogP contribution in [-0.4, -0.2) is 58.5 Å². The second kappa shape index (κ2) is 7.15. The van der Waals surface area contributed by atoms with Crippen LogP contribution in [0.1, 0.15) is 58.5 Å². The molecule has 0 spiro atoms. The van der Waals surface area contributed by atoms with E-state index in [1.165, 1.54) is 16.2 Å². The summed E-state index contributed by atoms with van der Waals surface area (Å²) in [6.07, 6.45) is -4.12. The first-order valence-corrected chi connectivity index (χ1v) is 9.27. The van der Waals surface area contributed by atoms with Crippen LogP contribution in [0.2, 0.25) is 0 Å². The van der Waals surface area contributed by atoms with Crippen molar-refractivity contribution in [3.05, 3.63) is 17.0 Å². The summed E-state index contributed by atoms with van der Waals surface area (Å²) in [5.74, 6) is 0. The minimum absolute atomic E-state index is 0.0198. The topological polar surface area (TPSA) is 24.3 Å². The van der Waals surface area contributed by atoms with Gasteiger partial charge in [-0.2, -0.15) is 18.3 Å². The van der Waals surface area contributed by atoms with Crippen molar-refractivity contribution in [2.45, 2.75) is 65.1 Å². The van der Waals surface area contributed by atoms with E-state index < -0.39 is 12.7 Å². The van der Waals surface area contributed by atoms with Gasteiger partial charge < -0.3 is 0 Å². The Bertz CT molecular complexity index is 612. The number of hydrogen-bond acceptors (Lipinski definition) is 3. The Morgan fingerprint density at radius 3 is 1.77 bits per heavy atom. The van der Waals surface area contributed by atoms with Crippen molar-refractivity contribution in [2.24, 2.45) is 7.05 Å². The van der Waals surface area contributed by atoms with Crippen LogP contribution in [0, 0.1) is 0 Å². The SMILES string of the molecule is Cn1nc(CN2CCN(CC(F)(F)F)CC2)c(C(C)(C)C)c1C(C)(C)C. The molecule has 1 aliphatic heterocycles. The zero-order valence-electron chi connectivity index (χ0n) is 17.2. The van der Waals surface area contributed by atoms with Crippen LogP contribution in [0.3, 0.4) is 0 Å². The molecule has 7 heteroatoms. The van der Waals surface area contributed by atoms with Crippen LogP contribution in [0.4, 0.5) is 13.2 Å². The lowest BCUT2D eigenvalue weighted by atomic mass is 9.78. The fraction of sp³-hybridized carbons (Fsp3) is 0.842. The molecule has 1 saturated heterocycles. The van der Waals surface area contributed by atoms with E-state index in [1.807, 2.05) is 11.7 Å². The lowest BCUT2D eigenvalue weighted by molar-refractivity contribution is -0.149. The second-order valence-electron chi connectivity index (χ2n) is 9.46. The van der Waals surface area contributed by atoms with Gasteiger partial charge in [0.25, 0.3) is 0 Å². The molecule has 0 unspecified atom stereocenters. The standard InChI is InChI=1S/C19H33F3N4/c1-17(2,3)15-14(23-24(7)16(15)18(4,5)6)12-25-8-10-26(11-9-25)13-19(20,21)22/h8-13H2,1-7H3. The highest BCUT2D eigenvalue weighted by atomic mass is 19.4. The molecule has 1 fully saturated rings. The zero-order chi connectivity index (χ0) is 19.9. The lowest BCUT2D eigenvalue weighted by Gasteiger charge is -2.35. The fourth-order valence-electron chi connectivity index (χ4n) is 3.91. The number of alkyl halides is 3. The first kappa shape index (κ1) is 21.2. The third-order valence-corrected chi connectivity index (χ3v) is 4.82. The molecule has 1 aromatic heterocycles. The van der Waals surface area contributed by atoms with Crippen molar-refractivity contribution in [1.29, 1.82) is 0 Å². The molecule has 0 radical (unpaired) electrons. The number of piperazine rings is 1. The number of halogens is 3. The van der Waals surface area contributed by atoms with Crippen molar-refractivity contribution < 1.29 is 13.2 Å². The van der Waals surface area contributed by atoms with Crippen LogP contribution in [0.25, 0.3) is 0 Å². The van der Waals surface area contributed by atoms with E-state index in [0.29, 0.717) is 32.7 Å². The molecule has 0 aliphatic carbocycles. The van der Waals surface area contributed by atoms with Crippen LogP contribution >= 0.6 is 0 Å². The molecular formula is C19H33F3N4. The smallest absolute Gasteiger partial charge is 0.295 e. The van der Waals surface area contributed by atoms with Gasteiger partial charge in [0, 0.05) is 56.4 Å². The van der Waals surface area contributed by atoms with Crippen LogP contribution in [-0.2, 0) is 24.4 Å². The molecule has 0 amide bonds. The second-order valence-corrected chi connectivity index (χ2v) is 9.46. The number of aryl methyl sites for hydroxylation is 1. The monoisotopic (exact) mass is 374 g/mol. The molecule has 1 aromatic rings. The van der Waals surface area contributed by atoms with Crippen molar-refractivity contribution in [2.75, 3.05) is 32.7 Å². The van der Waals surface area contributed by atoms with Gasteiger partial charge in [-0.1, -0.05) is 41.5 Å². The summed E-state index contributed by atoms with van der Waals surface area (Å²) in [6.45, 7) is 15.2. The van der Waals surface area contributed by atoms with Gasteiger partial charge in [-0.15, -0.1) is 0 Å². The van der Waals surface area contributed by atoms with Gasteiger partial charge in [0.1, 0.15) is 0 Å². The van der Waals surface area contributed by atoms with E-state index in [-0.39, 0.29) is 10.8 Å². The van der Waals surface area contributed by atoms with Crippen LogP contribution in [0.15, 0.2) is 0 Å². The number of nitrogens with zero attached hydrogens (tertiary/aromatic N) is 4. The summed E-state index contributed by atoms with van der Waals surface area (Å²) in [4.78, 5) is 3.71.